The molecular formula is C13H19BrN2O2. The third kappa shape index (κ3) is 3.53. The molecule has 0 bridgehead atoms. The molecule has 0 aliphatic rings. The lowest BCUT2D eigenvalue weighted by Gasteiger charge is -2.24. The zero-order chi connectivity index (χ0) is 13.7. The third-order valence-electron chi connectivity index (χ3n) is 3.16. The maximum Gasteiger partial charge on any atom is 0.270 e. The molecule has 100 valence electrons. The van der Waals surface area contributed by atoms with Gasteiger partial charge in [-0.05, 0) is 31.4 Å². The van der Waals surface area contributed by atoms with Gasteiger partial charge in [0.25, 0.3) is 5.69 Å². The molecule has 0 aliphatic heterocycles. The smallest absolute Gasteiger partial charge is 0.270 e. The van der Waals surface area contributed by atoms with E-state index in [2.05, 4.69) is 42.0 Å². The summed E-state index contributed by atoms with van der Waals surface area (Å²) in [5, 5.41) is 14.1. The Bertz CT molecular complexity index is 423. The summed E-state index contributed by atoms with van der Waals surface area (Å²) in [5.74, 6) is 0.347. The second-order valence-corrected chi connectivity index (χ2v) is 5.18. The van der Waals surface area contributed by atoms with E-state index in [0.717, 1.165) is 23.0 Å². The number of nitro groups is 1. The van der Waals surface area contributed by atoms with E-state index < -0.39 is 0 Å². The van der Waals surface area contributed by atoms with Crippen LogP contribution in [0.5, 0.6) is 0 Å². The molecule has 0 radical (unpaired) electrons. The van der Waals surface area contributed by atoms with Gasteiger partial charge in [0.15, 0.2) is 0 Å². The highest BCUT2D eigenvalue weighted by atomic mass is 79.9. The quantitative estimate of drug-likeness (QED) is 0.641. The average Bonchev–Trinajstić information content (AvgIpc) is 2.32. The van der Waals surface area contributed by atoms with E-state index in [0.29, 0.717) is 12.0 Å². The highest BCUT2D eigenvalue weighted by Crippen LogP contribution is 2.32. The summed E-state index contributed by atoms with van der Waals surface area (Å²) in [4.78, 5) is 10.3. The Kier molecular flexibility index (Phi) is 5.75. The first-order valence-corrected chi connectivity index (χ1v) is 6.97. The normalized spacial score (nSPS) is 14.2. The average molecular weight is 315 g/mol. The molecular weight excluding hydrogens is 296 g/mol. The van der Waals surface area contributed by atoms with Crippen molar-refractivity contribution in [3.63, 3.8) is 0 Å². The molecule has 0 heterocycles. The molecule has 0 spiro atoms. The standard InChI is InChI=1S/C13H19BrN2O2/c1-4-11(9(3)15-5-2)12-7-6-10(16(17)18)8-13(12)14/h6-9,11,15H,4-5H2,1-3H3. The highest BCUT2D eigenvalue weighted by molar-refractivity contribution is 9.10. The molecule has 2 unspecified atom stereocenters. The van der Waals surface area contributed by atoms with Crippen molar-refractivity contribution in [3.05, 3.63) is 38.3 Å². The van der Waals surface area contributed by atoms with E-state index in [1.165, 1.54) is 0 Å². The maximum atomic E-state index is 10.7. The van der Waals surface area contributed by atoms with Crippen LogP contribution in [0.2, 0.25) is 0 Å². The van der Waals surface area contributed by atoms with Gasteiger partial charge in [0.2, 0.25) is 0 Å². The van der Waals surface area contributed by atoms with Gasteiger partial charge in [0.05, 0.1) is 4.92 Å². The summed E-state index contributed by atoms with van der Waals surface area (Å²) in [7, 11) is 0. The van der Waals surface area contributed by atoms with Crippen LogP contribution in [-0.2, 0) is 0 Å². The lowest BCUT2D eigenvalue weighted by atomic mass is 9.90. The van der Waals surface area contributed by atoms with Crippen LogP contribution in [0.3, 0.4) is 0 Å². The maximum absolute atomic E-state index is 10.7. The zero-order valence-corrected chi connectivity index (χ0v) is 12.5. The Morgan fingerprint density at radius 3 is 2.56 bits per heavy atom. The molecule has 0 amide bonds. The van der Waals surface area contributed by atoms with Crippen LogP contribution in [0.15, 0.2) is 22.7 Å². The van der Waals surface area contributed by atoms with Crippen molar-refractivity contribution >= 4 is 21.6 Å². The number of hydrogen-bond donors (Lipinski definition) is 1. The molecule has 1 N–H and O–H groups in total. The molecule has 1 aromatic rings. The van der Waals surface area contributed by atoms with Gasteiger partial charge in [0.1, 0.15) is 0 Å². The first kappa shape index (κ1) is 15.1. The molecule has 2 atom stereocenters. The Labute approximate surface area is 116 Å². The van der Waals surface area contributed by atoms with E-state index in [1.807, 2.05) is 6.07 Å². The number of rotatable bonds is 6. The Morgan fingerprint density at radius 2 is 2.11 bits per heavy atom. The Morgan fingerprint density at radius 1 is 1.44 bits per heavy atom. The number of hydrogen-bond acceptors (Lipinski definition) is 3. The number of nitrogens with zero attached hydrogens (tertiary/aromatic N) is 1. The number of benzene rings is 1. The van der Waals surface area contributed by atoms with Gasteiger partial charge in [-0.25, -0.2) is 0 Å². The van der Waals surface area contributed by atoms with Crippen LogP contribution >= 0.6 is 15.9 Å². The number of halogens is 1. The van der Waals surface area contributed by atoms with E-state index >= 15 is 0 Å². The first-order chi connectivity index (χ1) is 8.51. The van der Waals surface area contributed by atoms with E-state index in [4.69, 9.17) is 0 Å². The number of nitrogens with one attached hydrogen (secondary N) is 1. The molecule has 1 aromatic carbocycles. The fourth-order valence-corrected chi connectivity index (χ4v) is 2.90. The molecule has 5 heteroatoms. The molecule has 0 aliphatic carbocycles. The molecule has 1 rings (SSSR count). The van der Waals surface area contributed by atoms with Crippen molar-refractivity contribution < 1.29 is 4.92 Å². The Balaban J connectivity index is 3.03. The summed E-state index contributed by atoms with van der Waals surface area (Å²) in [6.07, 6.45) is 0.991. The minimum atomic E-state index is -0.372. The summed E-state index contributed by atoms with van der Waals surface area (Å²) in [6, 6.07) is 5.35. The van der Waals surface area contributed by atoms with Crippen molar-refractivity contribution in [2.45, 2.75) is 39.2 Å². The molecule has 0 saturated carbocycles. The van der Waals surface area contributed by atoms with Gasteiger partial charge in [-0.3, -0.25) is 10.1 Å². The lowest BCUT2D eigenvalue weighted by molar-refractivity contribution is -0.384. The number of non-ortho nitro benzene ring substituents is 1. The van der Waals surface area contributed by atoms with Crippen molar-refractivity contribution in [3.8, 4) is 0 Å². The van der Waals surface area contributed by atoms with Crippen LogP contribution in [0.4, 0.5) is 5.69 Å². The topological polar surface area (TPSA) is 55.2 Å². The minimum Gasteiger partial charge on any atom is -0.314 e. The van der Waals surface area contributed by atoms with Gasteiger partial charge >= 0.3 is 0 Å². The first-order valence-electron chi connectivity index (χ1n) is 6.18. The lowest BCUT2D eigenvalue weighted by Crippen LogP contribution is -2.31. The minimum absolute atomic E-state index is 0.122. The Hall–Kier alpha value is -0.940. The van der Waals surface area contributed by atoms with E-state index in [1.54, 1.807) is 12.1 Å². The predicted octanol–water partition coefficient (Wildman–Crippen LogP) is 3.85. The molecule has 0 aromatic heterocycles. The van der Waals surface area contributed by atoms with Crippen LogP contribution in [0.25, 0.3) is 0 Å². The fourth-order valence-electron chi connectivity index (χ4n) is 2.24. The summed E-state index contributed by atoms with van der Waals surface area (Å²) < 4.78 is 0.813. The van der Waals surface area contributed by atoms with Gasteiger partial charge in [-0.2, -0.15) is 0 Å². The second-order valence-electron chi connectivity index (χ2n) is 4.32. The van der Waals surface area contributed by atoms with Crippen molar-refractivity contribution in [2.24, 2.45) is 0 Å². The summed E-state index contributed by atoms with van der Waals surface area (Å²) >= 11 is 3.44. The monoisotopic (exact) mass is 314 g/mol. The van der Waals surface area contributed by atoms with Crippen molar-refractivity contribution in [1.29, 1.82) is 0 Å². The largest absolute Gasteiger partial charge is 0.314 e. The van der Waals surface area contributed by atoms with Crippen LogP contribution < -0.4 is 5.32 Å². The van der Waals surface area contributed by atoms with Crippen LogP contribution in [0.1, 0.15) is 38.7 Å². The van der Waals surface area contributed by atoms with Gasteiger partial charge in [-0.1, -0.05) is 35.8 Å². The number of nitro benzene ring substituents is 1. The third-order valence-corrected chi connectivity index (χ3v) is 3.85. The predicted molar refractivity (Wildman–Crippen MR) is 77.0 cm³/mol. The van der Waals surface area contributed by atoms with Gasteiger partial charge < -0.3 is 5.32 Å². The van der Waals surface area contributed by atoms with Crippen LogP contribution in [-0.4, -0.2) is 17.5 Å². The van der Waals surface area contributed by atoms with Crippen molar-refractivity contribution in [2.75, 3.05) is 6.54 Å². The molecule has 18 heavy (non-hydrogen) atoms. The summed E-state index contributed by atoms with van der Waals surface area (Å²) in [5.41, 5.74) is 1.24. The second kappa shape index (κ2) is 6.85. The van der Waals surface area contributed by atoms with E-state index in [9.17, 15) is 10.1 Å². The fraction of sp³-hybridized carbons (Fsp3) is 0.538. The number of likely N-dealkylation sites (N-methyl/N-ethyl adjacent to an activating group) is 1. The molecule has 0 saturated heterocycles. The SMILES string of the molecule is CCNC(C)C(CC)c1ccc([N+](=O)[O-])cc1Br. The summed E-state index contributed by atoms with van der Waals surface area (Å²) in [6.45, 7) is 7.27. The molecule has 0 fully saturated rings. The van der Waals surface area contributed by atoms with Crippen LogP contribution in [0, 0.1) is 10.1 Å². The van der Waals surface area contributed by atoms with Gasteiger partial charge in [0, 0.05) is 22.6 Å². The molecule has 4 nitrogen and oxygen atoms in total. The van der Waals surface area contributed by atoms with E-state index in [-0.39, 0.29) is 10.6 Å². The highest BCUT2D eigenvalue weighted by Gasteiger charge is 2.20. The van der Waals surface area contributed by atoms with Gasteiger partial charge in [-0.15, -0.1) is 0 Å². The zero-order valence-electron chi connectivity index (χ0n) is 10.9. The van der Waals surface area contributed by atoms with Crippen molar-refractivity contribution in [1.82, 2.24) is 5.32 Å².